The largest absolute Gasteiger partial charge is 0.309 e. The first-order chi connectivity index (χ1) is 47.8. The van der Waals surface area contributed by atoms with Crippen LogP contribution in [0.2, 0.25) is 0 Å². The summed E-state index contributed by atoms with van der Waals surface area (Å²) in [6.45, 7) is 17.2. The lowest BCUT2D eigenvalue weighted by atomic mass is 9.75. The van der Waals surface area contributed by atoms with Crippen molar-refractivity contribution in [2.24, 2.45) is 0 Å². The summed E-state index contributed by atoms with van der Waals surface area (Å²) >= 11 is 0. The number of rotatable bonds is 9. The van der Waals surface area contributed by atoms with Crippen molar-refractivity contribution >= 4 is 87.2 Å². The van der Waals surface area contributed by atoms with Crippen LogP contribution in [0.15, 0.2) is 267 Å². The molecule has 0 aliphatic rings. The number of benzene rings is 13. The average molecular weight is 1260 g/mol. The lowest BCUT2D eigenvalue weighted by Gasteiger charge is -2.27. The molecule has 6 heteroatoms. The zero-order valence-corrected chi connectivity index (χ0v) is 56.1. The fraction of sp³-hybridized carbons (Fsp3) is 0.0870. The number of hydrogen-bond donors (Lipinski definition) is 0. The van der Waals surface area contributed by atoms with Crippen LogP contribution < -0.4 is 0 Å². The van der Waals surface area contributed by atoms with E-state index in [-0.39, 0.29) is 0 Å². The second-order valence-electron chi connectivity index (χ2n) is 27.2. The van der Waals surface area contributed by atoms with Crippen LogP contribution >= 0.6 is 0 Å². The molecule has 0 aliphatic heterocycles. The molecular weight excluding hydrogens is 1190 g/mol. The van der Waals surface area contributed by atoms with Crippen LogP contribution in [-0.4, -0.2) is 23.3 Å². The van der Waals surface area contributed by atoms with Crippen molar-refractivity contribution < 1.29 is 0 Å². The molecule has 98 heavy (non-hydrogen) atoms. The van der Waals surface area contributed by atoms with Crippen molar-refractivity contribution in [2.75, 3.05) is 0 Å². The highest BCUT2D eigenvalue weighted by atomic mass is 15.0. The van der Waals surface area contributed by atoms with Gasteiger partial charge in [-0.05, 0) is 245 Å². The molecule has 0 fully saturated rings. The Morgan fingerprint density at radius 1 is 0.235 bits per heavy atom. The van der Waals surface area contributed by atoms with E-state index in [0.29, 0.717) is 5.56 Å². The standard InChI is InChI=1S/C92H68N6/c1-54-17-39-82-73(45-54)74-46-55(2)18-40-83(74)96(82)68-31-23-62(24-32-68)88-79(53-93)89(66-51-60(7)94-61(8)52-66)91(64-27-33-67(34-28-64)95-80-15-11-9-13-71(80)72-14-10-12-16-81(72)95)92(65-29-37-70(38-30-65)98-86-43-21-58(5)49-77(86)78-50-59(6)22-44-87(78)98)90(88)63-25-35-69(36-26-63)97-84-41-19-56(3)47-75(84)76-48-57(4)20-42-85(76)97/h9-52H,1-8H3. The van der Waals surface area contributed by atoms with Gasteiger partial charge in [-0.2, -0.15) is 5.26 Å². The second-order valence-corrected chi connectivity index (χ2v) is 27.2. The Balaban J connectivity index is 0.950. The SMILES string of the molecule is Cc1ccc2c(c1)c1cc(C)ccc1n2-c1ccc(-c2c(C#N)c(-c3cc(C)nc(C)c3)c(-c3ccc(-n4c5ccccc5c5ccccc54)cc3)c(-c3ccc(-n4c5ccc(C)cc5c5cc(C)ccc54)cc3)c2-c2ccc(-n3c4ccc(C)cc4c4cc(C)ccc43)cc2)cc1. The van der Waals surface area contributed by atoms with E-state index in [1.54, 1.807) is 0 Å². The Morgan fingerprint density at radius 3 is 0.745 bits per heavy atom. The first-order valence-electron chi connectivity index (χ1n) is 33.9. The Bertz CT molecular complexity index is 6160. The molecule has 0 aliphatic carbocycles. The molecule has 18 aromatic rings. The quantitative estimate of drug-likeness (QED) is 0.145. The van der Waals surface area contributed by atoms with Crippen LogP contribution in [0.1, 0.15) is 50.3 Å². The number of para-hydroxylation sites is 2. The first-order valence-corrected chi connectivity index (χ1v) is 33.9. The van der Waals surface area contributed by atoms with Crippen LogP contribution in [-0.2, 0) is 0 Å². The summed E-state index contributed by atoms with van der Waals surface area (Å²) in [7, 11) is 0. The minimum atomic E-state index is 0.579. The van der Waals surface area contributed by atoms with Gasteiger partial charge in [-0.15, -0.1) is 0 Å². The Hall–Kier alpha value is -12.3. The van der Waals surface area contributed by atoms with Crippen LogP contribution in [0.5, 0.6) is 0 Å². The lowest BCUT2D eigenvalue weighted by molar-refractivity contribution is 1.12. The van der Waals surface area contributed by atoms with Gasteiger partial charge in [-0.25, -0.2) is 0 Å². The van der Waals surface area contributed by atoms with Gasteiger partial charge in [0.15, 0.2) is 0 Å². The molecule has 18 rings (SSSR count). The maximum Gasteiger partial charge on any atom is 0.100 e. The maximum absolute atomic E-state index is 12.6. The van der Waals surface area contributed by atoms with E-state index in [4.69, 9.17) is 4.98 Å². The van der Waals surface area contributed by atoms with E-state index < -0.39 is 0 Å². The molecule has 5 heterocycles. The van der Waals surface area contributed by atoms with E-state index in [0.717, 1.165) is 134 Å². The highest BCUT2D eigenvalue weighted by molar-refractivity contribution is 6.15. The molecular formula is C92H68N6. The van der Waals surface area contributed by atoms with Gasteiger partial charge in [-0.3, -0.25) is 4.98 Å². The van der Waals surface area contributed by atoms with E-state index in [9.17, 15) is 5.26 Å². The maximum atomic E-state index is 12.6. The number of hydrogen-bond acceptors (Lipinski definition) is 2. The molecule has 0 atom stereocenters. The van der Waals surface area contributed by atoms with Crippen molar-refractivity contribution in [2.45, 2.75) is 55.4 Å². The summed E-state index contributed by atoms with van der Waals surface area (Å²) < 4.78 is 9.59. The average Bonchev–Trinajstić information content (AvgIpc) is 1.08. The van der Waals surface area contributed by atoms with Gasteiger partial charge >= 0.3 is 0 Å². The fourth-order valence-electron chi connectivity index (χ4n) is 16.2. The molecule has 0 radical (unpaired) electrons. The fourth-order valence-corrected chi connectivity index (χ4v) is 16.2. The minimum Gasteiger partial charge on any atom is -0.309 e. The van der Waals surface area contributed by atoms with Gasteiger partial charge in [0, 0.05) is 88.4 Å². The number of pyridine rings is 1. The third-order valence-electron chi connectivity index (χ3n) is 20.4. The molecule has 13 aromatic carbocycles. The van der Waals surface area contributed by atoms with Gasteiger partial charge in [0.2, 0.25) is 0 Å². The molecule has 0 amide bonds. The van der Waals surface area contributed by atoms with E-state index in [1.807, 2.05) is 0 Å². The number of fused-ring (bicyclic) bond motifs is 12. The van der Waals surface area contributed by atoms with Crippen molar-refractivity contribution in [3.63, 3.8) is 0 Å². The molecule has 0 spiro atoms. The number of nitriles is 1. The highest BCUT2D eigenvalue weighted by Crippen LogP contribution is 2.54. The van der Waals surface area contributed by atoms with Gasteiger partial charge < -0.3 is 18.3 Å². The predicted octanol–water partition coefficient (Wildman–Crippen LogP) is 24.1. The van der Waals surface area contributed by atoms with E-state index >= 15 is 0 Å². The zero-order chi connectivity index (χ0) is 66.4. The van der Waals surface area contributed by atoms with Crippen molar-refractivity contribution in [1.29, 1.82) is 5.26 Å². The van der Waals surface area contributed by atoms with Crippen molar-refractivity contribution in [3.8, 4) is 84.5 Å². The lowest BCUT2D eigenvalue weighted by Crippen LogP contribution is -2.04. The van der Waals surface area contributed by atoms with Crippen LogP contribution in [0.25, 0.3) is 166 Å². The van der Waals surface area contributed by atoms with Crippen molar-refractivity contribution in [1.82, 2.24) is 23.3 Å². The van der Waals surface area contributed by atoms with E-state index in [1.165, 1.54) is 76.5 Å². The van der Waals surface area contributed by atoms with Crippen LogP contribution in [0.3, 0.4) is 0 Å². The normalized spacial score (nSPS) is 11.9. The monoisotopic (exact) mass is 1260 g/mol. The third-order valence-corrected chi connectivity index (χ3v) is 20.4. The summed E-state index contributed by atoms with van der Waals surface area (Å²) in [5.41, 5.74) is 32.5. The zero-order valence-electron chi connectivity index (χ0n) is 56.1. The molecule has 0 saturated heterocycles. The Labute approximate surface area is 569 Å². The molecule has 0 N–H and O–H groups in total. The summed E-state index contributed by atoms with van der Waals surface area (Å²) in [5.74, 6) is 0. The summed E-state index contributed by atoms with van der Waals surface area (Å²) in [6, 6.07) is 102. The third kappa shape index (κ3) is 9.18. The topological polar surface area (TPSA) is 56.4 Å². The number of aromatic nitrogens is 5. The highest BCUT2D eigenvalue weighted by Gasteiger charge is 2.30. The molecule has 5 aromatic heterocycles. The second kappa shape index (κ2) is 22.4. The van der Waals surface area contributed by atoms with Gasteiger partial charge in [-0.1, -0.05) is 155 Å². The molecule has 0 saturated carbocycles. The minimum absolute atomic E-state index is 0.579. The number of nitrogens with zero attached hydrogens (tertiary/aromatic N) is 6. The van der Waals surface area contributed by atoms with Crippen molar-refractivity contribution in [3.05, 3.63) is 317 Å². The van der Waals surface area contributed by atoms with Crippen LogP contribution in [0.4, 0.5) is 0 Å². The van der Waals surface area contributed by atoms with E-state index in [2.05, 4.69) is 347 Å². The summed E-state index contributed by atoms with van der Waals surface area (Å²) in [5, 5.41) is 22.4. The molecule has 6 nitrogen and oxygen atoms in total. The molecule has 0 unspecified atom stereocenters. The Kier molecular flexibility index (Phi) is 13.3. The van der Waals surface area contributed by atoms with Crippen LogP contribution in [0, 0.1) is 66.7 Å². The predicted molar refractivity (Wildman–Crippen MR) is 411 cm³/mol. The molecule has 0 bridgehead atoms. The molecule has 466 valence electrons. The van der Waals surface area contributed by atoms with Gasteiger partial charge in [0.1, 0.15) is 6.07 Å². The Morgan fingerprint density at radius 2 is 0.469 bits per heavy atom. The number of aryl methyl sites for hydroxylation is 8. The summed E-state index contributed by atoms with van der Waals surface area (Å²) in [6.07, 6.45) is 0. The van der Waals surface area contributed by atoms with Gasteiger partial charge in [0.05, 0.1) is 49.7 Å². The summed E-state index contributed by atoms with van der Waals surface area (Å²) in [4.78, 5) is 4.99. The first kappa shape index (κ1) is 58.3. The van der Waals surface area contributed by atoms with Gasteiger partial charge in [0.25, 0.3) is 0 Å². The smallest absolute Gasteiger partial charge is 0.100 e.